The Labute approximate surface area is 182 Å². The highest BCUT2D eigenvalue weighted by Crippen LogP contribution is 2.24. The van der Waals surface area contributed by atoms with Gasteiger partial charge in [-0.2, -0.15) is 0 Å². The average molecular weight is 425 g/mol. The fourth-order valence-corrected chi connectivity index (χ4v) is 3.36. The van der Waals surface area contributed by atoms with Gasteiger partial charge in [-0.25, -0.2) is 9.59 Å². The summed E-state index contributed by atoms with van der Waals surface area (Å²) in [6.45, 7) is 3.63. The Morgan fingerprint density at radius 3 is 1.77 bits per heavy atom. The Kier molecular flexibility index (Phi) is 7.37. The minimum atomic E-state index is -0.649. The number of methoxy groups -OCH3 is 3. The van der Waals surface area contributed by atoms with Crippen LogP contribution in [-0.2, 0) is 19.1 Å². The second-order valence-electron chi connectivity index (χ2n) is 6.92. The molecule has 164 valence electrons. The molecule has 8 nitrogen and oxygen atoms in total. The van der Waals surface area contributed by atoms with Crippen LogP contribution in [0.4, 0.5) is 17.1 Å². The molecule has 8 heteroatoms. The van der Waals surface area contributed by atoms with Crippen LogP contribution < -0.4 is 19.9 Å². The molecule has 0 aromatic heterocycles. The van der Waals surface area contributed by atoms with Crippen molar-refractivity contribution in [1.29, 1.82) is 0 Å². The highest BCUT2D eigenvalue weighted by atomic mass is 16.5. The van der Waals surface area contributed by atoms with Gasteiger partial charge in [0, 0.05) is 43.2 Å². The Hall–Kier alpha value is -3.68. The standard InChI is InChI=1S/C23H27N3O5/c1-29-20-10-8-19(9-11-20)26-14-12-25(13-15-26)18-6-4-17(5-7-18)24-21(23(28)31-3)16-22(27)30-2/h4-11,16,24H,12-15H2,1-3H3/b21-16+. The lowest BCUT2D eigenvalue weighted by atomic mass is 10.2. The number of hydrogen-bond acceptors (Lipinski definition) is 8. The number of rotatable bonds is 7. The summed E-state index contributed by atoms with van der Waals surface area (Å²) >= 11 is 0. The second-order valence-corrected chi connectivity index (χ2v) is 6.92. The van der Waals surface area contributed by atoms with E-state index >= 15 is 0 Å². The van der Waals surface area contributed by atoms with Crippen molar-refractivity contribution in [2.24, 2.45) is 0 Å². The summed E-state index contributed by atoms with van der Waals surface area (Å²) in [6, 6.07) is 15.8. The predicted molar refractivity (Wildman–Crippen MR) is 120 cm³/mol. The summed E-state index contributed by atoms with van der Waals surface area (Å²) in [4.78, 5) is 28.0. The Morgan fingerprint density at radius 2 is 1.32 bits per heavy atom. The van der Waals surface area contributed by atoms with Gasteiger partial charge >= 0.3 is 11.9 Å². The van der Waals surface area contributed by atoms with E-state index in [1.807, 2.05) is 36.4 Å². The van der Waals surface area contributed by atoms with Crippen LogP contribution in [0.2, 0.25) is 0 Å². The number of anilines is 3. The van der Waals surface area contributed by atoms with Gasteiger partial charge in [0.05, 0.1) is 27.4 Å². The smallest absolute Gasteiger partial charge is 0.354 e. The maximum Gasteiger partial charge on any atom is 0.354 e. The van der Waals surface area contributed by atoms with Gasteiger partial charge in [-0.15, -0.1) is 0 Å². The van der Waals surface area contributed by atoms with Crippen LogP contribution in [0.25, 0.3) is 0 Å². The third-order valence-corrected chi connectivity index (χ3v) is 5.10. The summed E-state index contributed by atoms with van der Waals surface area (Å²) in [5.74, 6) is -0.434. The van der Waals surface area contributed by atoms with Crippen molar-refractivity contribution in [3.05, 3.63) is 60.3 Å². The van der Waals surface area contributed by atoms with Gasteiger partial charge < -0.3 is 29.3 Å². The molecular formula is C23H27N3O5. The maximum atomic E-state index is 11.9. The highest BCUT2D eigenvalue weighted by Gasteiger charge is 2.18. The molecule has 3 rings (SSSR count). The molecule has 0 atom stereocenters. The molecule has 0 saturated carbocycles. The topological polar surface area (TPSA) is 80.3 Å². The first-order chi connectivity index (χ1) is 15.0. The maximum absolute atomic E-state index is 11.9. The fraction of sp³-hybridized carbons (Fsp3) is 0.304. The van der Waals surface area contributed by atoms with Gasteiger partial charge in [0.2, 0.25) is 0 Å². The van der Waals surface area contributed by atoms with Crippen molar-refractivity contribution < 1.29 is 23.8 Å². The molecular weight excluding hydrogens is 398 g/mol. The van der Waals surface area contributed by atoms with Gasteiger partial charge in [0.25, 0.3) is 0 Å². The molecule has 1 heterocycles. The molecule has 1 aliphatic heterocycles. The van der Waals surface area contributed by atoms with Crippen LogP contribution in [0.15, 0.2) is 60.3 Å². The highest BCUT2D eigenvalue weighted by molar-refractivity contribution is 5.98. The molecule has 0 spiro atoms. The van der Waals surface area contributed by atoms with Gasteiger partial charge in [-0.05, 0) is 48.5 Å². The molecule has 2 aromatic rings. The van der Waals surface area contributed by atoms with Gasteiger partial charge in [0.15, 0.2) is 0 Å². The first-order valence-corrected chi connectivity index (χ1v) is 9.93. The Balaban J connectivity index is 1.60. The third-order valence-electron chi connectivity index (χ3n) is 5.10. The first-order valence-electron chi connectivity index (χ1n) is 9.93. The molecule has 1 saturated heterocycles. The summed E-state index contributed by atoms with van der Waals surface area (Å²) in [7, 11) is 4.17. The van der Waals surface area contributed by atoms with Gasteiger partial charge in [-0.1, -0.05) is 0 Å². The second kappa shape index (κ2) is 10.4. The van der Waals surface area contributed by atoms with Gasteiger partial charge in [-0.3, -0.25) is 0 Å². The molecule has 0 radical (unpaired) electrons. The zero-order valence-corrected chi connectivity index (χ0v) is 18.0. The molecule has 1 fully saturated rings. The summed E-state index contributed by atoms with van der Waals surface area (Å²) in [6.07, 6.45) is 1.07. The largest absolute Gasteiger partial charge is 0.497 e. The molecule has 1 aliphatic rings. The number of nitrogens with one attached hydrogen (secondary N) is 1. The summed E-state index contributed by atoms with van der Waals surface area (Å²) in [5, 5.41) is 2.91. The number of carbonyl (C=O) groups excluding carboxylic acids is 2. The molecule has 0 bridgehead atoms. The monoisotopic (exact) mass is 425 g/mol. The first kappa shape index (κ1) is 22.0. The van der Waals surface area contributed by atoms with Gasteiger partial charge in [0.1, 0.15) is 11.4 Å². The van der Waals surface area contributed by atoms with E-state index in [-0.39, 0.29) is 5.70 Å². The molecule has 2 aromatic carbocycles. The Morgan fingerprint density at radius 1 is 0.806 bits per heavy atom. The van der Waals surface area contributed by atoms with Crippen LogP contribution in [0.5, 0.6) is 5.75 Å². The average Bonchev–Trinajstić information content (AvgIpc) is 2.83. The van der Waals surface area contributed by atoms with Crippen LogP contribution in [0.1, 0.15) is 0 Å². The number of piperazine rings is 1. The van der Waals surface area contributed by atoms with E-state index in [9.17, 15) is 9.59 Å². The lowest BCUT2D eigenvalue weighted by Gasteiger charge is -2.37. The van der Waals surface area contributed by atoms with Crippen molar-refractivity contribution in [2.75, 3.05) is 62.6 Å². The minimum absolute atomic E-state index is 0.00945. The fourth-order valence-electron chi connectivity index (χ4n) is 3.36. The number of benzene rings is 2. The van der Waals surface area contributed by atoms with E-state index in [0.29, 0.717) is 5.69 Å². The van der Waals surface area contributed by atoms with E-state index in [0.717, 1.165) is 43.7 Å². The van der Waals surface area contributed by atoms with E-state index in [1.54, 1.807) is 7.11 Å². The number of hydrogen-bond donors (Lipinski definition) is 1. The number of ether oxygens (including phenoxy) is 3. The Bertz CT molecular complexity index is 917. The number of esters is 2. The lowest BCUT2D eigenvalue weighted by molar-refractivity contribution is -0.138. The van der Waals surface area contributed by atoms with Crippen LogP contribution >= 0.6 is 0 Å². The molecule has 0 unspecified atom stereocenters. The SMILES string of the molecule is COC(=O)/C=C(/Nc1ccc(N2CCN(c3ccc(OC)cc3)CC2)cc1)C(=O)OC. The van der Waals surface area contributed by atoms with Crippen molar-refractivity contribution in [3.8, 4) is 5.75 Å². The molecule has 31 heavy (non-hydrogen) atoms. The van der Waals surface area contributed by atoms with E-state index in [1.165, 1.54) is 19.9 Å². The van der Waals surface area contributed by atoms with Crippen LogP contribution in [0, 0.1) is 0 Å². The third kappa shape index (κ3) is 5.69. The van der Waals surface area contributed by atoms with Crippen molar-refractivity contribution in [1.82, 2.24) is 0 Å². The van der Waals surface area contributed by atoms with E-state index in [2.05, 4.69) is 32.0 Å². The van der Waals surface area contributed by atoms with Crippen LogP contribution in [-0.4, -0.2) is 59.4 Å². The van der Waals surface area contributed by atoms with Crippen molar-refractivity contribution >= 4 is 29.0 Å². The normalized spacial score (nSPS) is 14.1. The summed E-state index contributed by atoms with van der Waals surface area (Å²) in [5.41, 5.74) is 2.96. The quantitative estimate of drug-likeness (QED) is 0.536. The predicted octanol–water partition coefficient (Wildman–Crippen LogP) is 2.66. The zero-order valence-electron chi connectivity index (χ0n) is 18.0. The number of nitrogens with zero attached hydrogens (tertiary/aromatic N) is 2. The zero-order chi connectivity index (χ0) is 22.2. The minimum Gasteiger partial charge on any atom is -0.497 e. The summed E-state index contributed by atoms with van der Waals surface area (Å²) < 4.78 is 14.5. The van der Waals surface area contributed by atoms with Crippen molar-refractivity contribution in [2.45, 2.75) is 0 Å². The molecule has 1 N–H and O–H groups in total. The molecule has 0 aliphatic carbocycles. The lowest BCUT2D eigenvalue weighted by Crippen LogP contribution is -2.46. The van der Waals surface area contributed by atoms with Crippen LogP contribution in [0.3, 0.4) is 0 Å². The number of carbonyl (C=O) groups is 2. The van der Waals surface area contributed by atoms with E-state index in [4.69, 9.17) is 9.47 Å². The van der Waals surface area contributed by atoms with Crippen molar-refractivity contribution in [3.63, 3.8) is 0 Å². The molecule has 0 amide bonds. The van der Waals surface area contributed by atoms with E-state index < -0.39 is 11.9 Å².